The van der Waals surface area contributed by atoms with E-state index < -0.39 is 5.41 Å². The van der Waals surface area contributed by atoms with Gasteiger partial charge < -0.3 is 14.5 Å². The van der Waals surface area contributed by atoms with Crippen molar-refractivity contribution in [3.05, 3.63) is 180 Å². The lowest BCUT2D eigenvalue weighted by molar-refractivity contribution is 0.481. The Morgan fingerprint density at radius 1 is 0.565 bits per heavy atom. The average molecular weight is 602 g/mol. The van der Waals surface area contributed by atoms with E-state index in [1.54, 1.807) is 0 Å². The number of hydrogen-bond donors (Lipinski definition) is 0. The van der Waals surface area contributed by atoms with Crippen molar-refractivity contribution in [1.29, 1.82) is 0 Å². The summed E-state index contributed by atoms with van der Waals surface area (Å²) in [6.07, 6.45) is 1.95. The van der Waals surface area contributed by atoms with Crippen LogP contribution in [0.1, 0.15) is 48.7 Å². The summed E-state index contributed by atoms with van der Waals surface area (Å²) in [5.41, 5.74) is 8.43. The summed E-state index contributed by atoms with van der Waals surface area (Å²) < 4.78 is 6.65. The van der Waals surface area contributed by atoms with E-state index in [1.807, 2.05) is 18.3 Å². The molecule has 0 fully saturated rings. The first kappa shape index (κ1) is 29.4. The number of anilines is 3. The van der Waals surface area contributed by atoms with Crippen molar-refractivity contribution in [2.75, 3.05) is 23.5 Å². The van der Waals surface area contributed by atoms with Crippen molar-refractivity contribution < 1.29 is 4.74 Å². The lowest BCUT2D eigenvalue weighted by Gasteiger charge is -2.36. The molecule has 0 unspecified atom stereocenters. The number of nitrogens with zero attached hydrogens (tertiary/aromatic N) is 3. The molecule has 0 radical (unpaired) electrons. The standard InChI is InChI=1S/C42H39N3O/c1-41(2,3)33-25-26-43-40(28-33)42(31-15-7-5-8-16-31,32-17-9-6-10-18-32)34-19-13-21-36(27-34)46-37-22-14-20-35(29-37)45-30-44(4)38-23-11-12-24-39(38)45/h5-29H,30H2,1-4H3. The second-order valence-corrected chi connectivity index (χ2v) is 13.0. The lowest BCUT2D eigenvalue weighted by atomic mass is 9.66. The molecule has 0 saturated heterocycles. The largest absolute Gasteiger partial charge is 0.457 e. The van der Waals surface area contributed by atoms with E-state index in [0.29, 0.717) is 0 Å². The number of fused-ring (bicyclic) bond motifs is 1. The molecule has 1 aliphatic heterocycles. The van der Waals surface area contributed by atoms with Crippen molar-refractivity contribution in [1.82, 2.24) is 4.98 Å². The minimum atomic E-state index is -0.672. The van der Waals surface area contributed by atoms with Crippen LogP contribution in [0.2, 0.25) is 0 Å². The van der Waals surface area contributed by atoms with Crippen molar-refractivity contribution in [3.63, 3.8) is 0 Å². The van der Waals surface area contributed by atoms with Gasteiger partial charge in [0.25, 0.3) is 0 Å². The van der Waals surface area contributed by atoms with Gasteiger partial charge in [0.2, 0.25) is 0 Å². The maximum absolute atomic E-state index is 6.65. The normalized spacial score (nSPS) is 13.0. The van der Waals surface area contributed by atoms with E-state index in [0.717, 1.165) is 46.2 Å². The van der Waals surface area contributed by atoms with Crippen molar-refractivity contribution in [2.24, 2.45) is 0 Å². The van der Waals surface area contributed by atoms with Crippen molar-refractivity contribution in [2.45, 2.75) is 31.6 Å². The van der Waals surface area contributed by atoms with E-state index >= 15 is 0 Å². The monoisotopic (exact) mass is 601 g/mol. The van der Waals surface area contributed by atoms with Crippen LogP contribution in [0.4, 0.5) is 17.1 Å². The number of rotatable bonds is 7. The molecule has 4 heteroatoms. The molecule has 0 saturated carbocycles. The first-order valence-electron chi connectivity index (χ1n) is 15.9. The Kier molecular flexibility index (Phi) is 7.58. The summed E-state index contributed by atoms with van der Waals surface area (Å²) >= 11 is 0. The Hall–Kier alpha value is -5.35. The van der Waals surface area contributed by atoms with E-state index in [-0.39, 0.29) is 5.41 Å². The first-order chi connectivity index (χ1) is 22.3. The highest BCUT2D eigenvalue weighted by Crippen LogP contribution is 2.46. The van der Waals surface area contributed by atoms with Crippen LogP contribution in [0, 0.1) is 0 Å². The number of aromatic nitrogens is 1. The number of para-hydroxylation sites is 2. The van der Waals surface area contributed by atoms with Gasteiger partial charge in [-0.05, 0) is 76.2 Å². The molecule has 1 aliphatic rings. The molecule has 6 aromatic rings. The molecule has 4 nitrogen and oxygen atoms in total. The van der Waals surface area contributed by atoms with Crippen molar-refractivity contribution >= 4 is 17.1 Å². The second kappa shape index (κ2) is 11.9. The van der Waals surface area contributed by atoms with Crippen LogP contribution in [0.5, 0.6) is 11.5 Å². The fourth-order valence-corrected chi connectivity index (χ4v) is 6.67. The van der Waals surface area contributed by atoms with Crippen LogP contribution in [0.25, 0.3) is 0 Å². The van der Waals surface area contributed by atoms with Gasteiger partial charge in [-0.3, -0.25) is 4.98 Å². The summed E-state index contributed by atoms with van der Waals surface area (Å²) in [7, 11) is 2.13. The van der Waals surface area contributed by atoms with Gasteiger partial charge in [-0.1, -0.05) is 112 Å². The zero-order valence-corrected chi connectivity index (χ0v) is 26.9. The summed E-state index contributed by atoms with van der Waals surface area (Å²) in [6, 6.07) is 51.2. The van der Waals surface area contributed by atoms with Crippen LogP contribution >= 0.6 is 0 Å². The molecule has 1 aromatic heterocycles. The van der Waals surface area contributed by atoms with E-state index in [1.165, 1.54) is 16.9 Å². The van der Waals surface area contributed by atoms with Crippen molar-refractivity contribution in [3.8, 4) is 11.5 Å². The van der Waals surface area contributed by atoms with Crippen LogP contribution in [-0.2, 0) is 10.8 Å². The van der Waals surface area contributed by atoms with Gasteiger partial charge in [-0.25, -0.2) is 0 Å². The molecule has 228 valence electrons. The average Bonchev–Trinajstić information content (AvgIpc) is 3.42. The highest BCUT2D eigenvalue weighted by atomic mass is 16.5. The van der Waals surface area contributed by atoms with Gasteiger partial charge in [-0.15, -0.1) is 0 Å². The predicted molar refractivity (Wildman–Crippen MR) is 190 cm³/mol. The Labute approximate surface area is 272 Å². The number of hydrogen-bond acceptors (Lipinski definition) is 4. The quantitative estimate of drug-likeness (QED) is 0.170. The third kappa shape index (κ3) is 5.30. The maximum Gasteiger partial charge on any atom is 0.129 e. The molecule has 0 bridgehead atoms. The molecule has 46 heavy (non-hydrogen) atoms. The van der Waals surface area contributed by atoms with Crippen LogP contribution in [0.15, 0.2) is 152 Å². The van der Waals surface area contributed by atoms with Gasteiger partial charge in [0, 0.05) is 25.0 Å². The number of ether oxygens (including phenoxy) is 1. The fraction of sp³-hybridized carbons (Fsp3) is 0.167. The Morgan fingerprint density at radius 3 is 1.83 bits per heavy atom. The maximum atomic E-state index is 6.65. The Bertz CT molecular complexity index is 1920. The van der Waals surface area contributed by atoms with E-state index in [9.17, 15) is 0 Å². The molecule has 0 atom stereocenters. The van der Waals surface area contributed by atoms with Crippen LogP contribution < -0.4 is 14.5 Å². The van der Waals surface area contributed by atoms with E-state index in [4.69, 9.17) is 9.72 Å². The molecule has 5 aromatic carbocycles. The number of benzene rings is 5. The third-order valence-corrected chi connectivity index (χ3v) is 8.99. The molecule has 0 amide bonds. The summed E-state index contributed by atoms with van der Waals surface area (Å²) in [5, 5.41) is 0. The minimum Gasteiger partial charge on any atom is -0.457 e. The summed E-state index contributed by atoms with van der Waals surface area (Å²) in [5.74, 6) is 1.57. The molecular weight excluding hydrogens is 562 g/mol. The SMILES string of the molecule is CN1CN(c2cccc(Oc3cccc(C(c4ccccc4)(c4ccccc4)c4cc(C(C)(C)C)ccn4)c3)c2)c2ccccc21. The van der Waals surface area contributed by atoms with Gasteiger partial charge >= 0.3 is 0 Å². The molecule has 0 aliphatic carbocycles. The smallest absolute Gasteiger partial charge is 0.129 e. The molecule has 7 rings (SSSR count). The highest BCUT2D eigenvalue weighted by Gasteiger charge is 2.40. The topological polar surface area (TPSA) is 28.6 Å². The molecule has 0 N–H and O–H groups in total. The number of pyridine rings is 1. The lowest BCUT2D eigenvalue weighted by Crippen LogP contribution is -2.32. The zero-order valence-electron chi connectivity index (χ0n) is 26.9. The van der Waals surface area contributed by atoms with Crippen LogP contribution in [-0.4, -0.2) is 18.7 Å². The summed E-state index contributed by atoms with van der Waals surface area (Å²) in [4.78, 5) is 9.69. The van der Waals surface area contributed by atoms with Crippen LogP contribution in [0.3, 0.4) is 0 Å². The van der Waals surface area contributed by atoms with Gasteiger partial charge in [0.1, 0.15) is 11.5 Å². The first-order valence-corrected chi connectivity index (χ1v) is 15.9. The predicted octanol–water partition coefficient (Wildman–Crippen LogP) is 10.1. The second-order valence-electron chi connectivity index (χ2n) is 13.0. The molecular formula is C42H39N3O. The Balaban J connectivity index is 1.34. The van der Waals surface area contributed by atoms with Gasteiger partial charge in [-0.2, -0.15) is 0 Å². The zero-order chi connectivity index (χ0) is 31.7. The molecule has 2 heterocycles. The third-order valence-electron chi connectivity index (χ3n) is 8.99. The van der Waals surface area contributed by atoms with E-state index in [2.05, 4.69) is 171 Å². The highest BCUT2D eigenvalue weighted by molar-refractivity contribution is 5.82. The molecule has 0 spiro atoms. The fourth-order valence-electron chi connectivity index (χ4n) is 6.67. The summed E-state index contributed by atoms with van der Waals surface area (Å²) in [6.45, 7) is 7.54. The van der Waals surface area contributed by atoms with Gasteiger partial charge in [0.15, 0.2) is 0 Å². The van der Waals surface area contributed by atoms with Gasteiger partial charge in [0.05, 0.1) is 29.2 Å². The Morgan fingerprint density at radius 2 is 1.15 bits per heavy atom. The minimum absolute atomic E-state index is 0.0303.